The van der Waals surface area contributed by atoms with Crippen LogP contribution >= 0.6 is 0 Å². The van der Waals surface area contributed by atoms with Gasteiger partial charge in [-0.25, -0.2) is 4.79 Å². The zero-order valence-corrected chi connectivity index (χ0v) is 10.8. The molecule has 0 radical (unpaired) electrons. The van der Waals surface area contributed by atoms with Crippen molar-refractivity contribution in [2.24, 2.45) is 5.73 Å². The molecule has 0 bridgehead atoms. The van der Waals surface area contributed by atoms with E-state index in [4.69, 9.17) is 10.5 Å². The van der Waals surface area contributed by atoms with Crippen LogP contribution < -0.4 is 5.73 Å². The van der Waals surface area contributed by atoms with E-state index in [9.17, 15) is 4.79 Å². The van der Waals surface area contributed by atoms with Gasteiger partial charge >= 0.3 is 6.09 Å². The summed E-state index contributed by atoms with van der Waals surface area (Å²) >= 11 is 0. The van der Waals surface area contributed by atoms with Gasteiger partial charge < -0.3 is 10.5 Å². The van der Waals surface area contributed by atoms with Crippen LogP contribution in [-0.4, -0.2) is 35.7 Å². The number of rotatable bonds is 4. The van der Waals surface area contributed by atoms with Crippen molar-refractivity contribution < 1.29 is 9.53 Å². The monoisotopic (exact) mass is 240 g/mol. The lowest BCUT2D eigenvalue weighted by atomic mass is 9.88. The molecule has 1 heterocycles. The van der Waals surface area contributed by atoms with Crippen molar-refractivity contribution in [3.63, 3.8) is 0 Å². The molecule has 1 aliphatic carbocycles. The van der Waals surface area contributed by atoms with Crippen molar-refractivity contribution in [2.75, 3.05) is 13.2 Å². The molecule has 98 valence electrons. The first kappa shape index (κ1) is 12.7. The van der Waals surface area contributed by atoms with E-state index in [-0.39, 0.29) is 11.6 Å². The number of hydrogen-bond donors (Lipinski definition) is 1. The molecule has 1 saturated heterocycles. The molecule has 2 rings (SSSR count). The summed E-state index contributed by atoms with van der Waals surface area (Å²) in [6.45, 7) is 3.35. The number of cyclic esters (lactones) is 1. The maximum absolute atomic E-state index is 11.9. The third-order valence-electron chi connectivity index (χ3n) is 4.14. The number of ether oxygens (including phenoxy) is 1. The van der Waals surface area contributed by atoms with Crippen molar-refractivity contribution in [1.29, 1.82) is 0 Å². The van der Waals surface area contributed by atoms with Gasteiger partial charge in [0.25, 0.3) is 0 Å². The minimum Gasteiger partial charge on any atom is -0.447 e. The Hall–Kier alpha value is -0.770. The lowest BCUT2D eigenvalue weighted by Crippen LogP contribution is -2.51. The van der Waals surface area contributed by atoms with Gasteiger partial charge in [0.1, 0.15) is 6.61 Å². The second-order valence-electron chi connectivity index (χ2n) is 5.61. The van der Waals surface area contributed by atoms with Gasteiger partial charge in [-0.05, 0) is 39.2 Å². The number of amides is 1. The molecule has 4 nitrogen and oxygen atoms in total. The number of carbonyl (C=O) groups excluding carboxylic acids is 1. The fourth-order valence-corrected chi connectivity index (χ4v) is 3.18. The van der Waals surface area contributed by atoms with Crippen molar-refractivity contribution in [1.82, 2.24) is 4.90 Å². The molecule has 1 amide bonds. The highest BCUT2D eigenvalue weighted by Crippen LogP contribution is 2.35. The van der Waals surface area contributed by atoms with Crippen LogP contribution in [0.3, 0.4) is 0 Å². The molecule has 4 heteroatoms. The van der Waals surface area contributed by atoms with E-state index < -0.39 is 0 Å². The van der Waals surface area contributed by atoms with Gasteiger partial charge in [-0.1, -0.05) is 19.3 Å². The van der Waals surface area contributed by atoms with Gasteiger partial charge in [-0.2, -0.15) is 0 Å². The predicted molar refractivity (Wildman–Crippen MR) is 66.8 cm³/mol. The van der Waals surface area contributed by atoms with Crippen molar-refractivity contribution in [2.45, 2.75) is 63.5 Å². The topological polar surface area (TPSA) is 55.6 Å². The second kappa shape index (κ2) is 5.25. The third kappa shape index (κ3) is 2.57. The lowest BCUT2D eigenvalue weighted by molar-refractivity contribution is 0.0986. The Kier molecular flexibility index (Phi) is 3.92. The largest absolute Gasteiger partial charge is 0.447 e. The van der Waals surface area contributed by atoms with Crippen LogP contribution in [-0.2, 0) is 4.74 Å². The molecule has 1 unspecified atom stereocenters. The first-order valence-electron chi connectivity index (χ1n) is 6.83. The summed E-state index contributed by atoms with van der Waals surface area (Å²) in [5, 5.41) is 0. The molecule has 2 aliphatic rings. The summed E-state index contributed by atoms with van der Waals surface area (Å²) in [6, 6.07) is 0.390. The summed E-state index contributed by atoms with van der Waals surface area (Å²) < 4.78 is 5.28. The molecule has 1 atom stereocenters. The molecule has 0 aromatic heterocycles. The highest BCUT2D eigenvalue weighted by Gasteiger charge is 2.46. The van der Waals surface area contributed by atoms with Crippen LogP contribution in [0, 0.1) is 0 Å². The van der Waals surface area contributed by atoms with E-state index in [1.54, 1.807) is 0 Å². The summed E-state index contributed by atoms with van der Waals surface area (Å²) in [5.74, 6) is 0. The van der Waals surface area contributed by atoms with E-state index in [0.29, 0.717) is 19.2 Å². The minimum atomic E-state index is -0.127. The van der Waals surface area contributed by atoms with Crippen LogP contribution in [0.4, 0.5) is 4.79 Å². The van der Waals surface area contributed by atoms with Crippen LogP contribution in [0.1, 0.15) is 51.9 Å². The number of carbonyl (C=O) groups is 1. The van der Waals surface area contributed by atoms with E-state index in [1.807, 2.05) is 4.90 Å². The lowest BCUT2D eigenvalue weighted by Gasteiger charge is -2.39. The fraction of sp³-hybridized carbons (Fsp3) is 0.923. The van der Waals surface area contributed by atoms with E-state index >= 15 is 0 Å². The molecule has 1 saturated carbocycles. The van der Waals surface area contributed by atoms with Crippen molar-refractivity contribution >= 4 is 6.09 Å². The maximum atomic E-state index is 11.9. The van der Waals surface area contributed by atoms with Gasteiger partial charge in [0.2, 0.25) is 0 Å². The fourth-order valence-electron chi connectivity index (χ4n) is 3.18. The Morgan fingerprint density at radius 1 is 1.41 bits per heavy atom. The normalized spacial score (nSPS) is 30.7. The molecule has 0 aromatic carbocycles. The van der Waals surface area contributed by atoms with Gasteiger partial charge in [-0.3, -0.25) is 4.90 Å². The Morgan fingerprint density at radius 3 is 2.76 bits per heavy atom. The summed E-state index contributed by atoms with van der Waals surface area (Å²) in [4.78, 5) is 13.9. The average molecular weight is 240 g/mol. The molecule has 0 spiro atoms. The molecule has 17 heavy (non-hydrogen) atoms. The average Bonchev–Trinajstić information content (AvgIpc) is 2.64. The van der Waals surface area contributed by atoms with Crippen LogP contribution in [0.2, 0.25) is 0 Å². The first-order chi connectivity index (χ1) is 8.17. The first-order valence-corrected chi connectivity index (χ1v) is 6.83. The van der Waals surface area contributed by atoms with Crippen LogP contribution in [0.5, 0.6) is 0 Å². The van der Waals surface area contributed by atoms with Gasteiger partial charge in [0.05, 0.1) is 5.54 Å². The summed E-state index contributed by atoms with van der Waals surface area (Å²) in [5.41, 5.74) is 5.45. The Morgan fingerprint density at radius 2 is 2.12 bits per heavy atom. The van der Waals surface area contributed by atoms with E-state index in [2.05, 4.69) is 6.92 Å². The maximum Gasteiger partial charge on any atom is 0.410 e. The van der Waals surface area contributed by atoms with Gasteiger partial charge in [0, 0.05) is 6.04 Å². The Labute approximate surface area is 103 Å². The highest BCUT2D eigenvalue weighted by molar-refractivity contribution is 5.71. The standard InChI is InChI=1S/C13H24N2O2/c1-13(8-5-9-14)10-17-12(16)15(13)11-6-3-2-4-7-11/h11H,2-10,14H2,1H3. The van der Waals surface area contributed by atoms with E-state index in [1.165, 1.54) is 19.3 Å². The van der Waals surface area contributed by atoms with Crippen molar-refractivity contribution in [3.05, 3.63) is 0 Å². The molecule has 2 N–H and O–H groups in total. The molecule has 0 aromatic rings. The zero-order chi connectivity index (χ0) is 12.3. The molecule has 2 fully saturated rings. The van der Waals surface area contributed by atoms with Gasteiger partial charge in [0.15, 0.2) is 0 Å². The SMILES string of the molecule is CC1(CCCN)COC(=O)N1C1CCCCC1. The van der Waals surface area contributed by atoms with E-state index in [0.717, 1.165) is 25.7 Å². The third-order valence-corrected chi connectivity index (χ3v) is 4.14. The predicted octanol–water partition coefficient (Wildman–Crippen LogP) is 2.27. The molecule has 1 aliphatic heterocycles. The quantitative estimate of drug-likeness (QED) is 0.820. The Balaban J connectivity index is 2.06. The number of nitrogens with two attached hydrogens (primary N) is 1. The number of nitrogens with zero attached hydrogens (tertiary/aromatic N) is 1. The number of hydrogen-bond acceptors (Lipinski definition) is 3. The minimum absolute atomic E-state index is 0.114. The van der Waals surface area contributed by atoms with Crippen LogP contribution in [0.15, 0.2) is 0 Å². The smallest absolute Gasteiger partial charge is 0.410 e. The summed E-state index contributed by atoms with van der Waals surface area (Å²) in [7, 11) is 0. The molecular weight excluding hydrogens is 216 g/mol. The molecular formula is C13H24N2O2. The van der Waals surface area contributed by atoms with Gasteiger partial charge in [-0.15, -0.1) is 0 Å². The highest BCUT2D eigenvalue weighted by atomic mass is 16.6. The Bertz CT molecular complexity index is 277. The van der Waals surface area contributed by atoms with Crippen molar-refractivity contribution in [3.8, 4) is 0 Å². The van der Waals surface area contributed by atoms with Crippen LogP contribution in [0.25, 0.3) is 0 Å². The zero-order valence-electron chi connectivity index (χ0n) is 10.8. The summed E-state index contributed by atoms with van der Waals surface area (Å²) in [6.07, 6.45) is 7.83. The second-order valence-corrected chi connectivity index (χ2v) is 5.61.